The smallest absolute Gasteiger partial charge is 0.106 e. The summed E-state index contributed by atoms with van der Waals surface area (Å²) in [5.41, 5.74) is 3.81. The van der Waals surface area contributed by atoms with Crippen LogP contribution in [0.25, 0.3) is 11.0 Å². The van der Waals surface area contributed by atoms with Crippen molar-refractivity contribution in [2.75, 3.05) is 19.6 Å². The van der Waals surface area contributed by atoms with Gasteiger partial charge in [-0.3, -0.25) is 0 Å². The molecule has 1 aromatic carbocycles. The van der Waals surface area contributed by atoms with E-state index in [2.05, 4.69) is 48.4 Å². The first-order valence-corrected chi connectivity index (χ1v) is 7.84. The Bertz CT molecular complexity index is 592. The Morgan fingerprint density at radius 2 is 1.90 bits per heavy atom. The van der Waals surface area contributed by atoms with Crippen LogP contribution < -0.4 is 0 Å². The molecule has 1 fully saturated rings. The molecule has 20 heavy (non-hydrogen) atoms. The molecule has 3 rings (SSSR count). The molecule has 0 unspecified atom stereocenters. The van der Waals surface area contributed by atoms with Gasteiger partial charge in [-0.2, -0.15) is 0 Å². The second-order valence-electron chi connectivity index (χ2n) is 6.26. The molecule has 0 atom stereocenters. The summed E-state index contributed by atoms with van der Waals surface area (Å²) in [4.78, 5) is 7.31. The largest absolute Gasteiger partial charge is 0.327 e. The summed E-state index contributed by atoms with van der Waals surface area (Å²) in [6, 6.07) is 6.74. The highest BCUT2D eigenvalue weighted by Gasteiger charge is 2.13. The van der Waals surface area contributed by atoms with Gasteiger partial charge in [-0.25, -0.2) is 4.98 Å². The van der Waals surface area contributed by atoms with E-state index in [1.54, 1.807) is 0 Å². The van der Waals surface area contributed by atoms with Crippen molar-refractivity contribution in [2.45, 2.75) is 46.1 Å². The van der Waals surface area contributed by atoms with E-state index in [1.807, 2.05) is 0 Å². The molecule has 1 aliphatic rings. The minimum atomic E-state index is 0.564. The lowest BCUT2D eigenvalue weighted by Gasteiger charge is -2.16. The monoisotopic (exact) mass is 271 g/mol. The van der Waals surface area contributed by atoms with Gasteiger partial charge in [0.2, 0.25) is 0 Å². The molecule has 1 saturated heterocycles. The molecular formula is C17H25N3. The van der Waals surface area contributed by atoms with Gasteiger partial charge in [-0.15, -0.1) is 0 Å². The predicted octanol–water partition coefficient (Wildman–Crippen LogP) is 3.56. The van der Waals surface area contributed by atoms with Crippen LogP contribution in [0.2, 0.25) is 0 Å². The van der Waals surface area contributed by atoms with Gasteiger partial charge in [0.05, 0.1) is 11.0 Å². The van der Waals surface area contributed by atoms with Gasteiger partial charge < -0.3 is 9.47 Å². The van der Waals surface area contributed by atoms with Gasteiger partial charge in [0, 0.05) is 13.1 Å². The highest BCUT2D eigenvalue weighted by molar-refractivity contribution is 5.77. The van der Waals surface area contributed by atoms with E-state index < -0.39 is 0 Å². The third-order valence-corrected chi connectivity index (χ3v) is 4.47. The van der Waals surface area contributed by atoms with Crippen molar-refractivity contribution in [1.29, 1.82) is 0 Å². The summed E-state index contributed by atoms with van der Waals surface area (Å²) in [5.74, 6) is 1.70. The normalized spacial score (nSPS) is 16.6. The van der Waals surface area contributed by atoms with Gasteiger partial charge in [-0.05, 0) is 56.5 Å². The van der Waals surface area contributed by atoms with E-state index in [0.717, 1.165) is 24.4 Å². The summed E-state index contributed by atoms with van der Waals surface area (Å²) >= 11 is 0. The van der Waals surface area contributed by atoms with Crippen LogP contribution in [0.3, 0.4) is 0 Å². The number of fused-ring (bicyclic) bond motifs is 1. The maximum absolute atomic E-state index is 4.75. The summed E-state index contributed by atoms with van der Waals surface area (Å²) in [6.45, 7) is 11.3. The Hall–Kier alpha value is -1.35. The number of aryl methyl sites for hydroxylation is 1. The lowest BCUT2D eigenvalue weighted by molar-refractivity contribution is 0.323. The fourth-order valence-corrected chi connectivity index (χ4v) is 3.16. The first-order valence-electron chi connectivity index (χ1n) is 7.84. The third kappa shape index (κ3) is 2.59. The van der Waals surface area contributed by atoms with Crippen LogP contribution in [0, 0.1) is 6.92 Å². The summed E-state index contributed by atoms with van der Waals surface area (Å²) in [5, 5.41) is 0. The van der Waals surface area contributed by atoms with Gasteiger partial charge in [0.1, 0.15) is 5.82 Å². The quantitative estimate of drug-likeness (QED) is 0.847. The molecule has 0 spiro atoms. The molecule has 0 aliphatic carbocycles. The van der Waals surface area contributed by atoms with Crippen molar-refractivity contribution in [3.8, 4) is 0 Å². The molecule has 0 bridgehead atoms. The molecule has 0 saturated carbocycles. The highest BCUT2D eigenvalue weighted by atomic mass is 15.2. The SMILES string of the molecule is Cc1nc2cc(C(C)C)ccc2n1CCN1CCCC1. The van der Waals surface area contributed by atoms with Crippen molar-refractivity contribution in [3.05, 3.63) is 29.6 Å². The van der Waals surface area contributed by atoms with Crippen LogP contribution in [-0.4, -0.2) is 34.1 Å². The van der Waals surface area contributed by atoms with E-state index in [1.165, 1.54) is 37.0 Å². The van der Waals surface area contributed by atoms with Crippen LogP contribution in [-0.2, 0) is 6.54 Å². The minimum absolute atomic E-state index is 0.564. The second-order valence-corrected chi connectivity index (χ2v) is 6.26. The van der Waals surface area contributed by atoms with Crippen molar-refractivity contribution in [1.82, 2.24) is 14.5 Å². The average Bonchev–Trinajstić information content (AvgIpc) is 3.02. The molecule has 3 heteroatoms. The van der Waals surface area contributed by atoms with Crippen LogP contribution in [0.1, 0.15) is 44.0 Å². The third-order valence-electron chi connectivity index (χ3n) is 4.47. The van der Waals surface area contributed by atoms with E-state index in [4.69, 9.17) is 4.98 Å². The van der Waals surface area contributed by atoms with E-state index >= 15 is 0 Å². The molecule has 2 heterocycles. The number of benzene rings is 1. The summed E-state index contributed by atoms with van der Waals surface area (Å²) < 4.78 is 2.37. The fourth-order valence-electron chi connectivity index (χ4n) is 3.16. The molecule has 1 aliphatic heterocycles. The summed E-state index contributed by atoms with van der Waals surface area (Å²) in [6.07, 6.45) is 2.73. The van der Waals surface area contributed by atoms with Crippen LogP contribution in [0.15, 0.2) is 18.2 Å². The lowest BCUT2D eigenvalue weighted by Crippen LogP contribution is -2.24. The van der Waals surface area contributed by atoms with Crippen molar-refractivity contribution in [3.63, 3.8) is 0 Å². The van der Waals surface area contributed by atoms with Crippen LogP contribution in [0.5, 0.6) is 0 Å². The zero-order chi connectivity index (χ0) is 14.1. The Balaban J connectivity index is 1.84. The number of nitrogens with zero attached hydrogens (tertiary/aromatic N) is 3. The number of hydrogen-bond donors (Lipinski definition) is 0. The summed E-state index contributed by atoms with van der Waals surface area (Å²) in [7, 11) is 0. The zero-order valence-electron chi connectivity index (χ0n) is 12.9. The maximum Gasteiger partial charge on any atom is 0.106 e. The Labute approximate surface area is 121 Å². The molecule has 1 aromatic heterocycles. The van der Waals surface area contributed by atoms with E-state index in [0.29, 0.717) is 5.92 Å². The molecule has 2 aromatic rings. The Kier molecular flexibility index (Phi) is 3.79. The van der Waals surface area contributed by atoms with Gasteiger partial charge in [0.15, 0.2) is 0 Å². The van der Waals surface area contributed by atoms with Crippen LogP contribution >= 0.6 is 0 Å². The second kappa shape index (κ2) is 5.57. The molecule has 0 N–H and O–H groups in total. The number of likely N-dealkylation sites (tertiary alicyclic amines) is 1. The number of imidazole rings is 1. The molecule has 108 valence electrons. The molecule has 0 amide bonds. The first-order chi connectivity index (χ1) is 9.65. The minimum Gasteiger partial charge on any atom is -0.327 e. The standard InChI is InChI=1S/C17H25N3/c1-13(2)15-6-7-17-16(12-15)18-14(3)20(17)11-10-19-8-4-5-9-19/h6-7,12-13H,4-5,8-11H2,1-3H3. The van der Waals surface area contributed by atoms with Crippen molar-refractivity contribution < 1.29 is 0 Å². The molecule has 0 radical (unpaired) electrons. The zero-order valence-corrected chi connectivity index (χ0v) is 12.9. The lowest BCUT2D eigenvalue weighted by atomic mass is 10.0. The number of rotatable bonds is 4. The molecular weight excluding hydrogens is 246 g/mol. The maximum atomic E-state index is 4.75. The topological polar surface area (TPSA) is 21.1 Å². The van der Waals surface area contributed by atoms with Gasteiger partial charge in [-0.1, -0.05) is 19.9 Å². The predicted molar refractivity (Wildman–Crippen MR) is 84.2 cm³/mol. The van der Waals surface area contributed by atoms with Crippen LogP contribution in [0.4, 0.5) is 0 Å². The first kappa shape index (κ1) is 13.6. The highest BCUT2D eigenvalue weighted by Crippen LogP contribution is 2.22. The fraction of sp³-hybridized carbons (Fsp3) is 0.588. The number of hydrogen-bond acceptors (Lipinski definition) is 2. The molecule has 3 nitrogen and oxygen atoms in total. The van der Waals surface area contributed by atoms with Crippen molar-refractivity contribution in [2.24, 2.45) is 0 Å². The Morgan fingerprint density at radius 3 is 2.60 bits per heavy atom. The van der Waals surface area contributed by atoms with Gasteiger partial charge >= 0.3 is 0 Å². The van der Waals surface area contributed by atoms with Crippen molar-refractivity contribution >= 4 is 11.0 Å². The van der Waals surface area contributed by atoms with E-state index in [-0.39, 0.29) is 0 Å². The Morgan fingerprint density at radius 1 is 1.15 bits per heavy atom. The average molecular weight is 271 g/mol. The van der Waals surface area contributed by atoms with Gasteiger partial charge in [0.25, 0.3) is 0 Å². The van der Waals surface area contributed by atoms with E-state index in [9.17, 15) is 0 Å². The number of aromatic nitrogens is 2.